The molecule has 1 aromatic heterocycles. The van der Waals surface area contributed by atoms with Gasteiger partial charge in [-0.05, 0) is 30.5 Å². The maximum Gasteiger partial charge on any atom is 0.141 e. The van der Waals surface area contributed by atoms with Crippen molar-refractivity contribution < 1.29 is 9.13 Å². The highest BCUT2D eigenvalue weighted by molar-refractivity contribution is 5.23. The van der Waals surface area contributed by atoms with Gasteiger partial charge in [0, 0.05) is 6.20 Å². The molecular weight excluding hydrogens is 195 g/mol. The van der Waals surface area contributed by atoms with Crippen LogP contribution in [-0.4, -0.2) is 11.6 Å². The fraction of sp³-hybridized carbons (Fsp3) is 0.364. The van der Waals surface area contributed by atoms with Crippen LogP contribution >= 0.6 is 0 Å². The van der Waals surface area contributed by atoms with Gasteiger partial charge >= 0.3 is 0 Å². The molecule has 80 valence electrons. The summed E-state index contributed by atoms with van der Waals surface area (Å²) in [6.07, 6.45) is 6.65. The van der Waals surface area contributed by atoms with Gasteiger partial charge in [0.05, 0.1) is 18.8 Å². The van der Waals surface area contributed by atoms with E-state index in [9.17, 15) is 4.39 Å². The van der Waals surface area contributed by atoms with Crippen molar-refractivity contribution in [1.82, 2.24) is 4.98 Å². The van der Waals surface area contributed by atoms with Gasteiger partial charge in [-0.15, -0.1) is 0 Å². The molecule has 0 fully saturated rings. The van der Waals surface area contributed by atoms with Crippen molar-refractivity contribution in [3.8, 4) is 0 Å². The van der Waals surface area contributed by atoms with Gasteiger partial charge in [-0.3, -0.25) is 4.98 Å². The maximum absolute atomic E-state index is 12.9. The van der Waals surface area contributed by atoms with Crippen LogP contribution in [0.4, 0.5) is 4.39 Å². The highest BCUT2D eigenvalue weighted by Crippen LogP contribution is 2.23. The number of hydrogen-bond acceptors (Lipinski definition) is 3. The topological polar surface area (TPSA) is 48.1 Å². The Bertz CT molecular complexity index is 379. The molecule has 15 heavy (non-hydrogen) atoms. The van der Waals surface area contributed by atoms with Gasteiger partial charge in [-0.2, -0.15) is 0 Å². The Hall–Kier alpha value is -1.42. The third-order valence-electron chi connectivity index (χ3n) is 2.35. The number of rotatable bonds is 2. The number of halogens is 1. The molecule has 1 unspecified atom stereocenters. The monoisotopic (exact) mass is 208 g/mol. The summed E-state index contributed by atoms with van der Waals surface area (Å²) in [5, 5.41) is 0. The van der Waals surface area contributed by atoms with Crippen molar-refractivity contribution in [2.75, 3.05) is 6.61 Å². The Balaban J connectivity index is 2.19. The smallest absolute Gasteiger partial charge is 0.141 e. The molecule has 1 aliphatic heterocycles. The molecule has 0 saturated carbocycles. The molecule has 2 N–H and O–H groups in total. The van der Waals surface area contributed by atoms with Crippen LogP contribution in [0.2, 0.25) is 0 Å². The SMILES string of the molecule is NC(C1=CCCCO1)c1cncc(F)c1. The number of allylic oxidation sites excluding steroid dienone is 1. The predicted octanol–water partition coefficient (Wildman–Crippen LogP) is 1.91. The molecule has 1 aliphatic rings. The van der Waals surface area contributed by atoms with Gasteiger partial charge in [0.1, 0.15) is 11.6 Å². The summed E-state index contributed by atoms with van der Waals surface area (Å²) in [6.45, 7) is 0.683. The number of aromatic nitrogens is 1. The molecule has 1 aromatic rings. The minimum absolute atomic E-state index is 0.376. The summed E-state index contributed by atoms with van der Waals surface area (Å²) < 4.78 is 18.3. The van der Waals surface area contributed by atoms with E-state index in [1.54, 1.807) is 6.20 Å². The first-order chi connectivity index (χ1) is 7.27. The molecule has 1 atom stereocenters. The fourth-order valence-corrected chi connectivity index (χ4v) is 1.56. The van der Waals surface area contributed by atoms with Crippen molar-refractivity contribution in [2.45, 2.75) is 18.9 Å². The average Bonchev–Trinajstić information content (AvgIpc) is 2.29. The zero-order valence-corrected chi connectivity index (χ0v) is 8.32. The second-order valence-corrected chi connectivity index (χ2v) is 3.51. The number of nitrogens with zero attached hydrogens (tertiary/aromatic N) is 1. The Morgan fingerprint density at radius 1 is 1.47 bits per heavy atom. The lowest BCUT2D eigenvalue weighted by atomic mass is 10.1. The van der Waals surface area contributed by atoms with Crippen molar-refractivity contribution >= 4 is 0 Å². The number of nitrogens with two attached hydrogens (primary N) is 1. The number of hydrogen-bond donors (Lipinski definition) is 1. The number of ether oxygens (including phenoxy) is 1. The molecule has 3 nitrogen and oxygen atoms in total. The Labute approximate surface area is 87.8 Å². The van der Waals surface area contributed by atoms with E-state index in [1.807, 2.05) is 6.08 Å². The van der Waals surface area contributed by atoms with Gasteiger partial charge in [0.15, 0.2) is 0 Å². The normalized spacial score (nSPS) is 17.9. The fourth-order valence-electron chi connectivity index (χ4n) is 1.56. The third kappa shape index (κ3) is 2.33. The average molecular weight is 208 g/mol. The van der Waals surface area contributed by atoms with Crippen molar-refractivity contribution in [2.24, 2.45) is 5.73 Å². The van der Waals surface area contributed by atoms with Gasteiger partial charge in [-0.25, -0.2) is 4.39 Å². The highest BCUT2D eigenvalue weighted by Gasteiger charge is 2.16. The second-order valence-electron chi connectivity index (χ2n) is 3.51. The Morgan fingerprint density at radius 2 is 2.33 bits per heavy atom. The quantitative estimate of drug-likeness (QED) is 0.807. The van der Waals surface area contributed by atoms with E-state index in [-0.39, 0.29) is 5.82 Å². The van der Waals surface area contributed by atoms with E-state index >= 15 is 0 Å². The standard InChI is InChI=1S/C11H13FN2O/c12-9-5-8(6-14-7-9)11(13)10-3-1-2-4-15-10/h3,5-7,11H,1-2,4,13H2. The zero-order valence-electron chi connectivity index (χ0n) is 8.32. The van der Waals surface area contributed by atoms with Crippen molar-refractivity contribution in [3.63, 3.8) is 0 Å². The molecular formula is C11H13FN2O. The largest absolute Gasteiger partial charge is 0.496 e. The highest BCUT2D eigenvalue weighted by atomic mass is 19.1. The Morgan fingerprint density at radius 3 is 3.00 bits per heavy atom. The van der Waals surface area contributed by atoms with Crippen LogP contribution < -0.4 is 5.73 Å². The van der Waals surface area contributed by atoms with E-state index in [0.29, 0.717) is 17.9 Å². The molecule has 2 rings (SSSR count). The van der Waals surface area contributed by atoms with E-state index in [1.165, 1.54) is 6.07 Å². The van der Waals surface area contributed by atoms with Crippen LogP contribution in [0, 0.1) is 5.82 Å². The second kappa shape index (κ2) is 4.40. The summed E-state index contributed by atoms with van der Waals surface area (Å²) >= 11 is 0. The Kier molecular flexibility index (Phi) is 2.97. The van der Waals surface area contributed by atoms with Gasteiger partial charge in [-0.1, -0.05) is 0 Å². The molecule has 4 heteroatoms. The van der Waals surface area contributed by atoms with E-state index in [4.69, 9.17) is 10.5 Å². The molecule has 0 aromatic carbocycles. The maximum atomic E-state index is 12.9. The summed E-state index contributed by atoms with van der Waals surface area (Å²) in [4.78, 5) is 3.76. The molecule has 0 radical (unpaired) electrons. The lowest BCUT2D eigenvalue weighted by molar-refractivity contribution is 0.175. The van der Waals surface area contributed by atoms with Crippen LogP contribution in [-0.2, 0) is 4.74 Å². The molecule has 0 amide bonds. The third-order valence-corrected chi connectivity index (χ3v) is 2.35. The summed E-state index contributed by atoms with van der Waals surface area (Å²) in [7, 11) is 0. The predicted molar refractivity (Wildman–Crippen MR) is 54.4 cm³/mol. The zero-order chi connectivity index (χ0) is 10.7. The minimum Gasteiger partial charge on any atom is -0.496 e. The molecule has 2 heterocycles. The lowest BCUT2D eigenvalue weighted by Gasteiger charge is -2.20. The summed E-state index contributed by atoms with van der Waals surface area (Å²) in [5.41, 5.74) is 6.58. The first kappa shape index (κ1) is 10.1. The summed E-state index contributed by atoms with van der Waals surface area (Å²) in [5.74, 6) is 0.341. The molecule has 0 aliphatic carbocycles. The molecule has 0 bridgehead atoms. The first-order valence-electron chi connectivity index (χ1n) is 4.96. The van der Waals surface area contributed by atoms with Crippen molar-refractivity contribution in [3.05, 3.63) is 41.7 Å². The first-order valence-corrected chi connectivity index (χ1v) is 4.96. The van der Waals surface area contributed by atoms with Gasteiger partial charge < -0.3 is 10.5 Å². The van der Waals surface area contributed by atoms with Crippen LogP contribution in [0.15, 0.2) is 30.3 Å². The van der Waals surface area contributed by atoms with Crippen LogP contribution in [0.3, 0.4) is 0 Å². The minimum atomic E-state index is -0.409. The van der Waals surface area contributed by atoms with Crippen LogP contribution in [0.5, 0.6) is 0 Å². The van der Waals surface area contributed by atoms with Crippen LogP contribution in [0.25, 0.3) is 0 Å². The van der Waals surface area contributed by atoms with E-state index < -0.39 is 6.04 Å². The summed E-state index contributed by atoms with van der Waals surface area (Å²) in [6, 6.07) is 0.977. The van der Waals surface area contributed by atoms with Crippen molar-refractivity contribution in [1.29, 1.82) is 0 Å². The van der Waals surface area contributed by atoms with Gasteiger partial charge in [0.25, 0.3) is 0 Å². The van der Waals surface area contributed by atoms with E-state index in [2.05, 4.69) is 4.98 Å². The van der Waals surface area contributed by atoms with Gasteiger partial charge in [0.2, 0.25) is 0 Å². The van der Waals surface area contributed by atoms with Crippen LogP contribution in [0.1, 0.15) is 24.4 Å². The lowest BCUT2D eigenvalue weighted by Crippen LogP contribution is -2.18. The molecule has 0 saturated heterocycles. The number of pyridine rings is 1. The molecule has 0 spiro atoms. The van der Waals surface area contributed by atoms with E-state index in [0.717, 1.165) is 19.0 Å².